The Labute approximate surface area is 101 Å². The van der Waals surface area contributed by atoms with Gasteiger partial charge in [-0.05, 0) is 25.0 Å². The fourth-order valence-corrected chi connectivity index (χ4v) is 4.03. The minimum absolute atomic E-state index is 0.00852. The highest BCUT2D eigenvalue weighted by Crippen LogP contribution is 2.41. The molecule has 2 saturated heterocycles. The van der Waals surface area contributed by atoms with E-state index in [4.69, 9.17) is 10.5 Å². The van der Waals surface area contributed by atoms with E-state index >= 15 is 0 Å². The van der Waals surface area contributed by atoms with Crippen molar-refractivity contribution in [2.75, 3.05) is 24.7 Å². The van der Waals surface area contributed by atoms with Crippen LogP contribution in [0.5, 0.6) is 0 Å². The van der Waals surface area contributed by atoms with Crippen LogP contribution in [0.4, 0.5) is 0 Å². The van der Waals surface area contributed by atoms with Gasteiger partial charge in [0.25, 0.3) is 0 Å². The van der Waals surface area contributed by atoms with Crippen molar-refractivity contribution in [2.24, 2.45) is 17.6 Å². The molecule has 2 N–H and O–H groups in total. The first-order valence-electron chi connectivity index (χ1n) is 6.12. The second-order valence-corrected chi connectivity index (χ2v) is 6.17. The third-order valence-corrected chi connectivity index (χ3v) is 5.02. The van der Waals surface area contributed by atoms with Crippen molar-refractivity contribution < 1.29 is 9.53 Å². The summed E-state index contributed by atoms with van der Waals surface area (Å²) in [7, 11) is 0. The quantitative estimate of drug-likeness (QED) is 0.815. The van der Waals surface area contributed by atoms with E-state index in [0.717, 1.165) is 31.6 Å². The summed E-state index contributed by atoms with van der Waals surface area (Å²) in [6, 6.07) is 0. The summed E-state index contributed by atoms with van der Waals surface area (Å²) in [6.07, 6.45) is 2.91. The van der Waals surface area contributed by atoms with Gasteiger partial charge in [-0.3, -0.25) is 4.79 Å². The topological polar surface area (TPSA) is 52.3 Å². The molecule has 0 aromatic heterocycles. The first kappa shape index (κ1) is 12.4. The zero-order valence-corrected chi connectivity index (χ0v) is 10.7. The van der Waals surface area contributed by atoms with Crippen LogP contribution in [-0.4, -0.2) is 36.0 Å². The van der Waals surface area contributed by atoms with Crippen molar-refractivity contribution >= 4 is 17.5 Å². The number of carbonyl (C=O) groups excluding carboxylic acids is 1. The smallest absolute Gasteiger partial charge is 0.140 e. The van der Waals surface area contributed by atoms with Crippen LogP contribution in [0.3, 0.4) is 0 Å². The molecule has 0 aliphatic carbocycles. The Balaban J connectivity index is 1.98. The Morgan fingerprint density at radius 1 is 1.69 bits per heavy atom. The number of hydrogen-bond acceptors (Lipinski definition) is 4. The van der Waals surface area contributed by atoms with E-state index in [1.807, 2.05) is 18.7 Å². The predicted molar refractivity (Wildman–Crippen MR) is 66.6 cm³/mol. The fraction of sp³-hybridized carbons (Fsp3) is 0.917. The Morgan fingerprint density at radius 2 is 2.50 bits per heavy atom. The van der Waals surface area contributed by atoms with Crippen LogP contribution >= 0.6 is 11.8 Å². The molecule has 2 aliphatic rings. The van der Waals surface area contributed by atoms with Crippen LogP contribution < -0.4 is 5.73 Å². The summed E-state index contributed by atoms with van der Waals surface area (Å²) in [4.78, 5) is 12.1. The minimum atomic E-state index is 0.00852. The normalized spacial score (nSPS) is 36.5. The second kappa shape index (κ2) is 5.07. The molecular weight excluding hydrogens is 222 g/mol. The van der Waals surface area contributed by atoms with Crippen molar-refractivity contribution in [1.29, 1.82) is 0 Å². The molecule has 0 amide bonds. The van der Waals surface area contributed by atoms with Crippen molar-refractivity contribution in [1.82, 2.24) is 0 Å². The van der Waals surface area contributed by atoms with Gasteiger partial charge in [0, 0.05) is 30.7 Å². The molecule has 0 aromatic carbocycles. The SMILES string of the molecule is CC(CN)C(=O)C1CCOC2(CCSC2)C1. The fourth-order valence-electron chi connectivity index (χ4n) is 2.65. The number of Topliss-reactive ketones (excluding diaryl/α,β-unsaturated/α-hetero) is 1. The molecule has 3 nitrogen and oxygen atoms in total. The summed E-state index contributed by atoms with van der Waals surface area (Å²) in [6.45, 7) is 3.15. The van der Waals surface area contributed by atoms with Gasteiger partial charge in [0.05, 0.1) is 5.60 Å². The lowest BCUT2D eigenvalue weighted by Crippen LogP contribution is -2.43. The van der Waals surface area contributed by atoms with Crippen LogP contribution in [0.15, 0.2) is 0 Å². The number of ketones is 1. The van der Waals surface area contributed by atoms with Crippen LogP contribution in [0.25, 0.3) is 0 Å². The van der Waals surface area contributed by atoms with E-state index in [1.54, 1.807) is 0 Å². The lowest BCUT2D eigenvalue weighted by atomic mass is 9.80. The molecule has 2 aliphatic heterocycles. The Hall–Kier alpha value is -0.0600. The average Bonchev–Trinajstić information content (AvgIpc) is 2.75. The predicted octanol–water partition coefficient (Wildman–Crippen LogP) is 1.45. The molecular formula is C12H21NO2S. The van der Waals surface area contributed by atoms with Gasteiger partial charge in [0.15, 0.2) is 0 Å². The number of nitrogens with two attached hydrogens (primary N) is 1. The van der Waals surface area contributed by atoms with E-state index in [2.05, 4.69) is 0 Å². The summed E-state index contributed by atoms with van der Waals surface area (Å²) < 4.78 is 5.92. The van der Waals surface area contributed by atoms with Crippen molar-refractivity contribution in [2.45, 2.75) is 31.8 Å². The van der Waals surface area contributed by atoms with Gasteiger partial charge >= 0.3 is 0 Å². The molecule has 0 saturated carbocycles. The lowest BCUT2D eigenvalue weighted by Gasteiger charge is -2.37. The summed E-state index contributed by atoms with van der Waals surface area (Å²) in [5, 5.41) is 0. The highest BCUT2D eigenvalue weighted by Gasteiger charge is 2.42. The molecule has 0 radical (unpaired) electrons. The molecule has 2 fully saturated rings. The van der Waals surface area contributed by atoms with Gasteiger partial charge in [0.2, 0.25) is 0 Å². The zero-order valence-electron chi connectivity index (χ0n) is 9.91. The van der Waals surface area contributed by atoms with Crippen molar-refractivity contribution in [3.05, 3.63) is 0 Å². The van der Waals surface area contributed by atoms with Gasteiger partial charge in [0.1, 0.15) is 5.78 Å². The van der Waals surface area contributed by atoms with Crippen molar-refractivity contribution in [3.63, 3.8) is 0 Å². The second-order valence-electron chi connectivity index (χ2n) is 5.06. The zero-order chi connectivity index (χ0) is 11.6. The number of hydrogen-bond donors (Lipinski definition) is 1. The number of carbonyl (C=O) groups is 1. The van der Waals surface area contributed by atoms with Crippen molar-refractivity contribution in [3.8, 4) is 0 Å². The van der Waals surface area contributed by atoms with E-state index in [-0.39, 0.29) is 17.4 Å². The largest absolute Gasteiger partial charge is 0.374 e. The standard InChI is InChI=1S/C12H21NO2S/c1-9(7-13)11(14)10-2-4-15-12(6-10)3-5-16-8-12/h9-10H,2-8,13H2,1H3. The molecule has 16 heavy (non-hydrogen) atoms. The molecule has 0 bridgehead atoms. The van der Waals surface area contributed by atoms with E-state index < -0.39 is 0 Å². The average molecular weight is 243 g/mol. The molecule has 2 rings (SSSR count). The maximum Gasteiger partial charge on any atom is 0.140 e. The third-order valence-electron chi connectivity index (χ3n) is 3.80. The first-order chi connectivity index (χ1) is 7.67. The summed E-state index contributed by atoms with van der Waals surface area (Å²) in [5.41, 5.74) is 5.58. The molecule has 2 heterocycles. The van der Waals surface area contributed by atoms with Gasteiger partial charge in [-0.1, -0.05) is 6.92 Å². The Bertz CT molecular complexity index is 264. The Kier molecular flexibility index (Phi) is 3.93. The lowest BCUT2D eigenvalue weighted by molar-refractivity contribution is -0.137. The number of thioether (sulfide) groups is 1. The van der Waals surface area contributed by atoms with E-state index in [1.165, 1.54) is 5.75 Å². The highest BCUT2D eigenvalue weighted by molar-refractivity contribution is 7.99. The first-order valence-corrected chi connectivity index (χ1v) is 7.28. The molecule has 3 unspecified atom stereocenters. The molecule has 92 valence electrons. The van der Waals surface area contributed by atoms with Gasteiger partial charge in [-0.2, -0.15) is 11.8 Å². The molecule has 0 aromatic rings. The van der Waals surface area contributed by atoms with Gasteiger partial charge < -0.3 is 10.5 Å². The monoisotopic (exact) mass is 243 g/mol. The van der Waals surface area contributed by atoms with E-state index in [9.17, 15) is 4.79 Å². The van der Waals surface area contributed by atoms with Crippen LogP contribution in [-0.2, 0) is 9.53 Å². The number of rotatable bonds is 3. The van der Waals surface area contributed by atoms with Gasteiger partial charge in [-0.25, -0.2) is 0 Å². The third kappa shape index (κ3) is 2.44. The molecule has 1 spiro atoms. The van der Waals surface area contributed by atoms with Crippen LogP contribution in [0, 0.1) is 11.8 Å². The maximum atomic E-state index is 12.1. The summed E-state index contributed by atoms with van der Waals surface area (Å²) in [5.74, 6) is 2.78. The minimum Gasteiger partial charge on any atom is -0.374 e. The summed E-state index contributed by atoms with van der Waals surface area (Å²) >= 11 is 1.95. The van der Waals surface area contributed by atoms with E-state index in [0.29, 0.717) is 12.3 Å². The Morgan fingerprint density at radius 3 is 3.12 bits per heavy atom. The van der Waals surface area contributed by atoms with Gasteiger partial charge in [-0.15, -0.1) is 0 Å². The molecule has 3 atom stereocenters. The maximum absolute atomic E-state index is 12.1. The van der Waals surface area contributed by atoms with Crippen LogP contribution in [0.2, 0.25) is 0 Å². The van der Waals surface area contributed by atoms with Crippen LogP contribution in [0.1, 0.15) is 26.2 Å². The number of ether oxygens (including phenoxy) is 1. The molecule has 4 heteroatoms. The highest BCUT2D eigenvalue weighted by atomic mass is 32.2.